The van der Waals surface area contributed by atoms with Gasteiger partial charge in [-0.05, 0) is 19.8 Å². The number of aryl methyl sites for hydroxylation is 1. The molecule has 0 atom stereocenters. The monoisotopic (exact) mass is 222 g/mol. The molecule has 0 spiro atoms. The predicted octanol–water partition coefficient (Wildman–Crippen LogP) is 1.74. The van der Waals surface area contributed by atoms with Gasteiger partial charge in [0.05, 0.1) is 5.69 Å². The van der Waals surface area contributed by atoms with E-state index in [4.69, 9.17) is 5.73 Å². The van der Waals surface area contributed by atoms with Gasteiger partial charge in [-0.1, -0.05) is 13.8 Å². The van der Waals surface area contributed by atoms with E-state index in [1.54, 1.807) is 12.4 Å². The maximum atomic E-state index is 5.67. The van der Waals surface area contributed by atoms with E-state index in [-0.39, 0.29) is 0 Å². The summed E-state index contributed by atoms with van der Waals surface area (Å²) in [6.07, 6.45) is 5.68. The lowest BCUT2D eigenvalue weighted by atomic mass is 10.1. The molecule has 1 heterocycles. The first kappa shape index (κ1) is 12.9. The molecule has 0 unspecified atom stereocenters. The molecule has 0 aromatic carbocycles. The summed E-state index contributed by atoms with van der Waals surface area (Å²) in [5.41, 5.74) is 6.65. The summed E-state index contributed by atoms with van der Waals surface area (Å²) >= 11 is 0. The van der Waals surface area contributed by atoms with Crippen molar-refractivity contribution in [1.29, 1.82) is 0 Å². The standard InChI is InChI=1S/C12H22N4/c1-4-11(5-2)16(9-6-13)12-10(3)14-7-8-15-12/h7-8,11H,4-6,9,13H2,1-3H3. The normalized spacial score (nSPS) is 10.8. The first-order chi connectivity index (χ1) is 7.74. The number of anilines is 1. The van der Waals surface area contributed by atoms with Gasteiger partial charge in [-0.3, -0.25) is 4.98 Å². The van der Waals surface area contributed by atoms with Crippen LogP contribution in [0.4, 0.5) is 5.82 Å². The minimum absolute atomic E-state index is 0.499. The van der Waals surface area contributed by atoms with Gasteiger partial charge in [0, 0.05) is 31.5 Å². The van der Waals surface area contributed by atoms with Gasteiger partial charge in [0.15, 0.2) is 0 Å². The Hall–Kier alpha value is -1.16. The second-order valence-electron chi connectivity index (χ2n) is 3.92. The summed E-state index contributed by atoms with van der Waals surface area (Å²) in [4.78, 5) is 11.0. The Morgan fingerprint density at radius 2 is 1.88 bits per heavy atom. The molecule has 0 aliphatic rings. The Bertz CT molecular complexity index is 310. The molecular weight excluding hydrogens is 200 g/mol. The molecule has 0 radical (unpaired) electrons. The molecule has 0 amide bonds. The Kier molecular flexibility index (Phi) is 5.19. The third-order valence-corrected chi connectivity index (χ3v) is 2.88. The van der Waals surface area contributed by atoms with Crippen molar-refractivity contribution >= 4 is 5.82 Å². The second-order valence-corrected chi connectivity index (χ2v) is 3.92. The van der Waals surface area contributed by atoms with Gasteiger partial charge in [-0.2, -0.15) is 0 Å². The predicted molar refractivity (Wildman–Crippen MR) is 67.5 cm³/mol. The van der Waals surface area contributed by atoms with E-state index in [0.29, 0.717) is 12.6 Å². The molecular formula is C12H22N4. The highest BCUT2D eigenvalue weighted by molar-refractivity contribution is 5.43. The fourth-order valence-electron chi connectivity index (χ4n) is 2.01. The lowest BCUT2D eigenvalue weighted by Gasteiger charge is -2.31. The third kappa shape index (κ3) is 2.92. The van der Waals surface area contributed by atoms with E-state index in [0.717, 1.165) is 30.9 Å². The van der Waals surface area contributed by atoms with Gasteiger partial charge in [0.25, 0.3) is 0 Å². The zero-order valence-corrected chi connectivity index (χ0v) is 10.5. The first-order valence-corrected chi connectivity index (χ1v) is 5.98. The number of nitrogens with two attached hydrogens (primary N) is 1. The van der Waals surface area contributed by atoms with Crippen LogP contribution in [-0.2, 0) is 0 Å². The van der Waals surface area contributed by atoms with E-state index in [1.165, 1.54) is 0 Å². The zero-order chi connectivity index (χ0) is 12.0. The van der Waals surface area contributed by atoms with Gasteiger partial charge in [-0.25, -0.2) is 4.98 Å². The second kappa shape index (κ2) is 6.43. The topological polar surface area (TPSA) is 55.0 Å². The van der Waals surface area contributed by atoms with Crippen LogP contribution >= 0.6 is 0 Å². The molecule has 1 aromatic heterocycles. The molecule has 0 fully saturated rings. The van der Waals surface area contributed by atoms with Crippen molar-refractivity contribution in [3.63, 3.8) is 0 Å². The van der Waals surface area contributed by atoms with Gasteiger partial charge in [0.1, 0.15) is 5.82 Å². The van der Waals surface area contributed by atoms with Crippen molar-refractivity contribution < 1.29 is 0 Å². The smallest absolute Gasteiger partial charge is 0.150 e. The molecule has 16 heavy (non-hydrogen) atoms. The van der Waals surface area contributed by atoms with Crippen molar-refractivity contribution in [3.8, 4) is 0 Å². The number of aromatic nitrogens is 2. The van der Waals surface area contributed by atoms with Gasteiger partial charge >= 0.3 is 0 Å². The molecule has 90 valence electrons. The van der Waals surface area contributed by atoms with Crippen LogP contribution < -0.4 is 10.6 Å². The average molecular weight is 222 g/mol. The fourth-order valence-corrected chi connectivity index (χ4v) is 2.01. The highest BCUT2D eigenvalue weighted by Gasteiger charge is 2.17. The Labute approximate surface area is 97.9 Å². The number of nitrogens with zero attached hydrogens (tertiary/aromatic N) is 3. The van der Waals surface area contributed by atoms with E-state index in [9.17, 15) is 0 Å². The largest absolute Gasteiger partial charge is 0.351 e. The van der Waals surface area contributed by atoms with Gasteiger partial charge < -0.3 is 10.6 Å². The van der Waals surface area contributed by atoms with Crippen molar-refractivity contribution in [2.45, 2.75) is 39.7 Å². The molecule has 4 heteroatoms. The zero-order valence-electron chi connectivity index (χ0n) is 10.5. The van der Waals surface area contributed by atoms with Crippen molar-refractivity contribution in [2.24, 2.45) is 5.73 Å². The summed E-state index contributed by atoms with van der Waals surface area (Å²) < 4.78 is 0. The van der Waals surface area contributed by atoms with Gasteiger partial charge in [-0.15, -0.1) is 0 Å². The third-order valence-electron chi connectivity index (χ3n) is 2.88. The summed E-state index contributed by atoms with van der Waals surface area (Å²) in [5.74, 6) is 0.974. The fraction of sp³-hybridized carbons (Fsp3) is 0.667. The van der Waals surface area contributed by atoms with Crippen LogP contribution in [-0.4, -0.2) is 29.1 Å². The maximum Gasteiger partial charge on any atom is 0.150 e. The summed E-state index contributed by atoms with van der Waals surface area (Å²) in [6.45, 7) is 7.87. The molecule has 4 nitrogen and oxygen atoms in total. The lowest BCUT2D eigenvalue weighted by Crippen LogP contribution is -2.39. The number of rotatable bonds is 6. The summed E-state index contributed by atoms with van der Waals surface area (Å²) in [5, 5.41) is 0. The van der Waals surface area contributed by atoms with Crippen LogP contribution in [0.3, 0.4) is 0 Å². The summed E-state index contributed by atoms with van der Waals surface area (Å²) in [7, 11) is 0. The highest BCUT2D eigenvalue weighted by atomic mass is 15.2. The van der Waals surface area contributed by atoms with Crippen LogP contribution in [0, 0.1) is 6.92 Å². The maximum absolute atomic E-state index is 5.67. The van der Waals surface area contributed by atoms with E-state index in [2.05, 4.69) is 28.7 Å². The molecule has 0 saturated carbocycles. The Balaban J connectivity index is 2.97. The van der Waals surface area contributed by atoms with E-state index in [1.807, 2.05) is 6.92 Å². The van der Waals surface area contributed by atoms with Crippen LogP contribution in [0.25, 0.3) is 0 Å². The van der Waals surface area contributed by atoms with Crippen LogP contribution in [0.1, 0.15) is 32.4 Å². The molecule has 0 bridgehead atoms. The molecule has 1 aromatic rings. The quantitative estimate of drug-likeness (QED) is 0.796. The van der Waals surface area contributed by atoms with Crippen molar-refractivity contribution in [1.82, 2.24) is 9.97 Å². The SMILES string of the molecule is CCC(CC)N(CCN)c1nccnc1C. The lowest BCUT2D eigenvalue weighted by molar-refractivity contribution is 0.552. The van der Waals surface area contributed by atoms with Crippen LogP contribution in [0.15, 0.2) is 12.4 Å². The molecule has 0 aliphatic carbocycles. The van der Waals surface area contributed by atoms with Crippen molar-refractivity contribution in [3.05, 3.63) is 18.1 Å². The van der Waals surface area contributed by atoms with E-state index >= 15 is 0 Å². The Morgan fingerprint density at radius 3 is 2.38 bits per heavy atom. The van der Waals surface area contributed by atoms with Crippen LogP contribution in [0.5, 0.6) is 0 Å². The van der Waals surface area contributed by atoms with Crippen LogP contribution in [0.2, 0.25) is 0 Å². The molecule has 0 aliphatic heterocycles. The molecule has 0 saturated heterocycles. The molecule has 1 rings (SSSR count). The Morgan fingerprint density at radius 1 is 1.25 bits per heavy atom. The molecule has 2 N–H and O–H groups in total. The first-order valence-electron chi connectivity index (χ1n) is 5.98. The summed E-state index contributed by atoms with van der Waals surface area (Å²) in [6, 6.07) is 0.499. The minimum Gasteiger partial charge on any atom is -0.351 e. The number of hydrogen-bond donors (Lipinski definition) is 1. The average Bonchev–Trinajstić information content (AvgIpc) is 2.30. The van der Waals surface area contributed by atoms with Gasteiger partial charge in [0.2, 0.25) is 0 Å². The highest BCUT2D eigenvalue weighted by Crippen LogP contribution is 2.19. The van der Waals surface area contributed by atoms with Crippen molar-refractivity contribution in [2.75, 3.05) is 18.0 Å². The van der Waals surface area contributed by atoms with E-state index < -0.39 is 0 Å². The minimum atomic E-state index is 0.499. The number of hydrogen-bond acceptors (Lipinski definition) is 4.